The maximum atomic E-state index is 12.3. The number of aromatic nitrogens is 1. The van der Waals surface area contributed by atoms with Crippen LogP contribution in [0.3, 0.4) is 0 Å². The van der Waals surface area contributed by atoms with Crippen LogP contribution in [0.25, 0.3) is 0 Å². The molecule has 0 amide bonds. The number of carbonyl (C=O) groups is 2. The molecule has 0 fully saturated rings. The molecule has 2 aromatic heterocycles. The molecule has 0 aromatic carbocycles. The number of carbonyl (C=O) groups excluding carboxylic acids is 2. The summed E-state index contributed by atoms with van der Waals surface area (Å²) in [7, 11) is 0. The Morgan fingerprint density at radius 3 is 2.68 bits per heavy atom. The largest absolute Gasteiger partial charge is 0.292 e. The molecule has 0 radical (unpaired) electrons. The zero-order valence-corrected chi connectivity index (χ0v) is 10.5. The SMILES string of the molecule is Cc1ccnc2c1C(=O)c1scc([N+](=O)[O-])c1C2=O. The third-order valence-corrected chi connectivity index (χ3v) is 3.97. The Kier molecular flexibility index (Phi) is 2.33. The summed E-state index contributed by atoms with van der Waals surface area (Å²) < 4.78 is 0. The molecule has 0 spiro atoms. The predicted molar refractivity (Wildman–Crippen MR) is 66.8 cm³/mol. The molecule has 0 saturated heterocycles. The normalized spacial score (nSPS) is 13.1. The van der Waals surface area contributed by atoms with Crippen LogP contribution in [0.5, 0.6) is 0 Å². The van der Waals surface area contributed by atoms with Crippen LogP contribution in [0.2, 0.25) is 0 Å². The fourth-order valence-corrected chi connectivity index (χ4v) is 3.08. The van der Waals surface area contributed by atoms with E-state index >= 15 is 0 Å². The van der Waals surface area contributed by atoms with Gasteiger partial charge in [0.1, 0.15) is 11.3 Å². The quantitative estimate of drug-likeness (QED) is 0.501. The molecule has 6 nitrogen and oxygen atoms in total. The smallest absolute Gasteiger partial charge is 0.288 e. The molecule has 0 aliphatic heterocycles. The van der Waals surface area contributed by atoms with Gasteiger partial charge in [-0.2, -0.15) is 0 Å². The molecule has 0 unspecified atom stereocenters. The number of hydrogen-bond acceptors (Lipinski definition) is 6. The van der Waals surface area contributed by atoms with Gasteiger partial charge >= 0.3 is 0 Å². The Hall–Kier alpha value is -2.41. The van der Waals surface area contributed by atoms with Crippen molar-refractivity contribution in [3.63, 3.8) is 0 Å². The Bertz CT molecular complexity index is 763. The van der Waals surface area contributed by atoms with Crippen LogP contribution >= 0.6 is 11.3 Å². The lowest BCUT2D eigenvalue weighted by atomic mass is 9.90. The first kappa shape index (κ1) is 11.7. The van der Waals surface area contributed by atoms with E-state index in [1.54, 1.807) is 13.0 Å². The van der Waals surface area contributed by atoms with Crippen molar-refractivity contribution < 1.29 is 14.5 Å². The van der Waals surface area contributed by atoms with Crippen LogP contribution in [0, 0.1) is 17.0 Å². The molecule has 94 valence electrons. The van der Waals surface area contributed by atoms with E-state index < -0.39 is 10.7 Å². The second kappa shape index (κ2) is 3.79. The fraction of sp³-hybridized carbons (Fsp3) is 0.0833. The highest BCUT2D eigenvalue weighted by molar-refractivity contribution is 7.13. The van der Waals surface area contributed by atoms with Crippen LogP contribution in [-0.2, 0) is 0 Å². The maximum absolute atomic E-state index is 12.3. The summed E-state index contributed by atoms with van der Waals surface area (Å²) in [4.78, 5) is 38.9. The number of nitrogens with zero attached hydrogens (tertiary/aromatic N) is 2. The monoisotopic (exact) mass is 274 g/mol. The van der Waals surface area contributed by atoms with Gasteiger partial charge in [0.05, 0.1) is 20.7 Å². The van der Waals surface area contributed by atoms with Crippen LogP contribution in [0.4, 0.5) is 5.69 Å². The van der Waals surface area contributed by atoms with Gasteiger partial charge in [-0.1, -0.05) is 0 Å². The van der Waals surface area contributed by atoms with Crippen LogP contribution in [0.15, 0.2) is 17.6 Å². The van der Waals surface area contributed by atoms with Crippen molar-refractivity contribution in [3.05, 3.63) is 55.0 Å². The molecule has 3 rings (SSSR count). The van der Waals surface area contributed by atoms with E-state index in [0.29, 0.717) is 5.56 Å². The summed E-state index contributed by atoms with van der Waals surface area (Å²) in [6.07, 6.45) is 1.42. The van der Waals surface area contributed by atoms with E-state index in [4.69, 9.17) is 0 Å². The molecule has 0 atom stereocenters. The Morgan fingerprint density at radius 2 is 2.00 bits per heavy atom. The molecule has 0 saturated carbocycles. The van der Waals surface area contributed by atoms with E-state index in [1.807, 2.05) is 0 Å². The second-order valence-corrected chi connectivity index (χ2v) is 4.97. The molecule has 2 heterocycles. The first-order chi connectivity index (χ1) is 9.02. The summed E-state index contributed by atoms with van der Waals surface area (Å²) in [5.74, 6) is -0.922. The van der Waals surface area contributed by atoms with Gasteiger partial charge in [-0.15, -0.1) is 11.3 Å². The number of pyridine rings is 1. The van der Waals surface area contributed by atoms with Crippen molar-refractivity contribution in [1.82, 2.24) is 4.98 Å². The third kappa shape index (κ3) is 1.45. The summed E-state index contributed by atoms with van der Waals surface area (Å²) >= 11 is 0.925. The first-order valence-electron chi connectivity index (χ1n) is 5.33. The Labute approximate surface area is 110 Å². The number of fused-ring (bicyclic) bond motifs is 2. The molecule has 1 aliphatic rings. The zero-order valence-electron chi connectivity index (χ0n) is 9.67. The number of aryl methyl sites for hydroxylation is 1. The number of ketones is 2. The molecule has 2 aromatic rings. The van der Waals surface area contributed by atoms with Gasteiger partial charge in [0.15, 0.2) is 0 Å². The average Bonchev–Trinajstić information content (AvgIpc) is 2.81. The Balaban J connectivity index is 2.35. The number of nitro groups is 1. The number of hydrogen-bond donors (Lipinski definition) is 0. The molecule has 7 heteroatoms. The molecule has 1 aliphatic carbocycles. The summed E-state index contributed by atoms with van der Waals surface area (Å²) in [6, 6.07) is 1.64. The average molecular weight is 274 g/mol. The molecular formula is C12H6N2O4S. The highest BCUT2D eigenvalue weighted by Gasteiger charge is 2.39. The van der Waals surface area contributed by atoms with Crippen molar-refractivity contribution in [2.45, 2.75) is 6.92 Å². The molecule has 0 bridgehead atoms. The maximum Gasteiger partial charge on any atom is 0.292 e. The van der Waals surface area contributed by atoms with E-state index in [1.165, 1.54) is 11.6 Å². The van der Waals surface area contributed by atoms with Gasteiger partial charge in [0, 0.05) is 6.20 Å². The van der Waals surface area contributed by atoms with Crippen LogP contribution < -0.4 is 0 Å². The van der Waals surface area contributed by atoms with Crippen molar-refractivity contribution in [2.75, 3.05) is 0 Å². The predicted octanol–water partition coefficient (Wildman–Crippen LogP) is 2.14. The summed E-state index contributed by atoms with van der Waals surface area (Å²) in [5.41, 5.74) is 0.429. The summed E-state index contributed by atoms with van der Waals surface area (Å²) in [6.45, 7) is 1.71. The van der Waals surface area contributed by atoms with Gasteiger partial charge in [0.25, 0.3) is 5.69 Å². The molecular weight excluding hydrogens is 268 g/mol. The van der Waals surface area contributed by atoms with Gasteiger partial charge in [-0.25, -0.2) is 0 Å². The number of thiophene rings is 1. The highest BCUT2D eigenvalue weighted by atomic mass is 32.1. The molecule has 0 N–H and O–H groups in total. The topological polar surface area (TPSA) is 90.2 Å². The fourth-order valence-electron chi connectivity index (χ4n) is 2.12. The van der Waals surface area contributed by atoms with Gasteiger partial charge in [-0.05, 0) is 18.6 Å². The lowest BCUT2D eigenvalue weighted by Gasteiger charge is -2.14. The van der Waals surface area contributed by atoms with E-state index in [2.05, 4.69) is 4.98 Å². The lowest BCUT2D eigenvalue weighted by molar-refractivity contribution is -0.384. The van der Waals surface area contributed by atoms with Gasteiger partial charge in [0.2, 0.25) is 11.6 Å². The summed E-state index contributed by atoms with van der Waals surface area (Å²) in [5, 5.41) is 12.1. The van der Waals surface area contributed by atoms with E-state index in [9.17, 15) is 19.7 Å². The van der Waals surface area contributed by atoms with Crippen molar-refractivity contribution in [1.29, 1.82) is 0 Å². The minimum Gasteiger partial charge on any atom is -0.288 e. The first-order valence-corrected chi connectivity index (χ1v) is 6.21. The van der Waals surface area contributed by atoms with E-state index in [-0.39, 0.29) is 33.2 Å². The van der Waals surface area contributed by atoms with Crippen molar-refractivity contribution >= 4 is 28.6 Å². The van der Waals surface area contributed by atoms with Crippen LogP contribution in [0.1, 0.15) is 36.9 Å². The second-order valence-electron chi connectivity index (χ2n) is 4.09. The van der Waals surface area contributed by atoms with Gasteiger partial charge < -0.3 is 0 Å². The minimum atomic E-state index is -0.651. The van der Waals surface area contributed by atoms with Crippen molar-refractivity contribution in [2.24, 2.45) is 0 Å². The highest BCUT2D eigenvalue weighted by Crippen LogP contribution is 2.37. The Morgan fingerprint density at radius 1 is 1.26 bits per heavy atom. The zero-order chi connectivity index (χ0) is 13.7. The third-order valence-electron chi connectivity index (χ3n) is 3.00. The van der Waals surface area contributed by atoms with Crippen molar-refractivity contribution in [3.8, 4) is 0 Å². The lowest BCUT2D eigenvalue weighted by Crippen LogP contribution is -2.22. The minimum absolute atomic E-state index is 0.000926. The number of rotatable bonds is 1. The molecule has 19 heavy (non-hydrogen) atoms. The van der Waals surface area contributed by atoms with E-state index in [0.717, 1.165) is 11.3 Å². The van der Waals surface area contributed by atoms with Gasteiger partial charge in [-0.3, -0.25) is 24.7 Å². The standard InChI is InChI=1S/C12H6N2O4S/c1-5-2-3-13-9-7(5)11(16)12-8(10(9)15)6(4-19-12)14(17)18/h2-4H,1H3. The van der Waals surface area contributed by atoms with Crippen LogP contribution in [-0.4, -0.2) is 21.5 Å².